The lowest BCUT2D eigenvalue weighted by molar-refractivity contribution is 0.102. The molecular formula is C18H13ClN4O2. The molecule has 124 valence electrons. The van der Waals surface area contributed by atoms with Gasteiger partial charge in [-0.25, -0.2) is 9.50 Å². The monoisotopic (exact) mass is 352 g/mol. The Hall–Kier alpha value is -3.12. The van der Waals surface area contributed by atoms with Crippen LogP contribution in [0.4, 0.5) is 5.69 Å². The highest BCUT2D eigenvalue weighted by atomic mass is 35.5. The third-order valence-corrected chi connectivity index (χ3v) is 4.01. The zero-order valence-corrected chi connectivity index (χ0v) is 14.0. The lowest BCUT2D eigenvalue weighted by atomic mass is 10.1. The molecule has 4 aromatic rings. The number of anilines is 1. The van der Waals surface area contributed by atoms with E-state index in [1.807, 2.05) is 43.3 Å². The van der Waals surface area contributed by atoms with Crippen molar-refractivity contribution in [2.24, 2.45) is 0 Å². The van der Waals surface area contributed by atoms with E-state index >= 15 is 0 Å². The van der Waals surface area contributed by atoms with Gasteiger partial charge in [-0.3, -0.25) is 4.79 Å². The number of nitrogens with zero attached hydrogens (tertiary/aromatic N) is 3. The SMILES string of the molecule is Cc1cc(Cl)nc2c(C(=O)Nc3ccc(-c4ccco4)cc3)cnn12. The summed E-state index contributed by atoms with van der Waals surface area (Å²) in [7, 11) is 0. The van der Waals surface area contributed by atoms with Gasteiger partial charge < -0.3 is 9.73 Å². The maximum Gasteiger partial charge on any atom is 0.261 e. The molecule has 0 saturated heterocycles. The van der Waals surface area contributed by atoms with Gasteiger partial charge in [0.15, 0.2) is 5.65 Å². The van der Waals surface area contributed by atoms with Crippen molar-refractivity contribution in [1.82, 2.24) is 14.6 Å². The quantitative estimate of drug-likeness (QED) is 0.561. The van der Waals surface area contributed by atoms with Gasteiger partial charge in [-0.1, -0.05) is 11.6 Å². The van der Waals surface area contributed by atoms with Crippen molar-refractivity contribution in [2.75, 3.05) is 5.32 Å². The number of rotatable bonds is 3. The molecule has 0 radical (unpaired) electrons. The van der Waals surface area contributed by atoms with Gasteiger partial charge in [0, 0.05) is 16.9 Å². The normalized spacial score (nSPS) is 11.0. The minimum Gasteiger partial charge on any atom is -0.464 e. The van der Waals surface area contributed by atoms with E-state index in [9.17, 15) is 4.79 Å². The van der Waals surface area contributed by atoms with Crippen molar-refractivity contribution in [3.05, 3.63) is 71.3 Å². The van der Waals surface area contributed by atoms with E-state index in [4.69, 9.17) is 16.0 Å². The van der Waals surface area contributed by atoms with Crippen molar-refractivity contribution >= 4 is 28.8 Å². The van der Waals surface area contributed by atoms with E-state index < -0.39 is 0 Å². The number of hydrogen-bond acceptors (Lipinski definition) is 4. The van der Waals surface area contributed by atoms with Gasteiger partial charge in [-0.05, 0) is 49.4 Å². The summed E-state index contributed by atoms with van der Waals surface area (Å²) in [6.45, 7) is 1.85. The number of nitrogens with one attached hydrogen (secondary N) is 1. The summed E-state index contributed by atoms with van der Waals surface area (Å²) in [6.07, 6.45) is 3.11. The summed E-state index contributed by atoms with van der Waals surface area (Å²) in [4.78, 5) is 16.8. The molecule has 0 saturated carbocycles. The van der Waals surface area contributed by atoms with Gasteiger partial charge in [0.1, 0.15) is 16.5 Å². The van der Waals surface area contributed by atoms with Gasteiger partial charge in [-0.15, -0.1) is 0 Å². The van der Waals surface area contributed by atoms with Crippen molar-refractivity contribution in [3.63, 3.8) is 0 Å². The molecule has 0 aliphatic rings. The number of benzene rings is 1. The van der Waals surface area contributed by atoms with Crippen LogP contribution in [0.15, 0.2) is 59.3 Å². The largest absolute Gasteiger partial charge is 0.464 e. The number of aromatic nitrogens is 3. The number of halogens is 1. The Kier molecular flexibility index (Phi) is 3.74. The molecule has 0 aliphatic heterocycles. The van der Waals surface area contributed by atoms with Crippen LogP contribution in [0.25, 0.3) is 17.0 Å². The Morgan fingerprint density at radius 2 is 2.04 bits per heavy atom. The Bertz CT molecular complexity index is 1050. The third kappa shape index (κ3) is 2.88. The van der Waals surface area contributed by atoms with Gasteiger partial charge in [0.05, 0.1) is 12.5 Å². The standard InChI is InChI=1S/C18H13ClN4O2/c1-11-9-16(19)22-17-14(10-20-23(11)17)18(24)21-13-6-4-12(5-7-13)15-3-2-8-25-15/h2-10H,1H3,(H,21,24). The number of hydrogen-bond donors (Lipinski definition) is 1. The molecule has 3 heterocycles. The maximum atomic E-state index is 12.6. The van der Waals surface area contributed by atoms with E-state index in [-0.39, 0.29) is 5.91 Å². The Morgan fingerprint density at radius 3 is 2.76 bits per heavy atom. The molecule has 0 bridgehead atoms. The first-order valence-electron chi connectivity index (χ1n) is 7.58. The molecule has 3 aromatic heterocycles. The molecule has 0 fully saturated rings. The summed E-state index contributed by atoms with van der Waals surface area (Å²) < 4.78 is 6.93. The van der Waals surface area contributed by atoms with Crippen LogP contribution in [-0.4, -0.2) is 20.5 Å². The van der Waals surface area contributed by atoms with E-state index in [2.05, 4.69) is 15.4 Å². The van der Waals surface area contributed by atoms with Crippen LogP contribution in [-0.2, 0) is 0 Å². The molecule has 0 aliphatic carbocycles. The molecule has 0 unspecified atom stereocenters. The van der Waals surface area contributed by atoms with E-state index in [0.29, 0.717) is 22.1 Å². The van der Waals surface area contributed by atoms with Crippen LogP contribution in [0.3, 0.4) is 0 Å². The summed E-state index contributed by atoms with van der Waals surface area (Å²) in [6, 6.07) is 12.8. The second kappa shape index (κ2) is 6.07. The minimum absolute atomic E-state index is 0.296. The molecule has 0 spiro atoms. The van der Waals surface area contributed by atoms with E-state index in [1.54, 1.807) is 16.8 Å². The Balaban J connectivity index is 1.60. The Morgan fingerprint density at radius 1 is 1.24 bits per heavy atom. The predicted octanol–water partition coefficient (Wildman–Crippen LogP) is 4.20. The summed E-state index contributed by atoms with van der Waals surface area (Å²) in [5, 5.41) is 7.36. The van der Waals surface area contributed by atoms with Crippen molar-refractivity contribution in [2.45, 2.75) is 6.92 Å². The molecule has 1 amide bonds. The zero-order valence-electron chi connectivity index (χ0n) is 13.2. The van der Waals surface area contributed by atoms with E-state index in [0.717, 1.165) is 17.0 Å². The first-order valence-corrected chi connectivity index (χ1v) is 7.96. The van der Waals surface area contributed by atoms with Gasteiger partial charge >= 0.3 is 0 Å². The topological polar surface area (TPSA) is 72.4 Å². The highest BCUT2D eigenvalue weighted by molar-refractivity contribution is 6.29. The van der Waals surface area contributed by atoms with Crippen LogP contribution < -0.4 is 5.32 Å². The van der Waals surface area contributed by atoms with Crippen LogP contribution in [0, 0.1) is 6.92 Å². The van der Waals surface area contributed by atoms with Crippen molar-refractivity contribution in [3.8, 4) is 11.3 Å². The number of amides is 1. The fraction of sp³-hybridized carbons (Fsp3) is 0.0556. The maximum absolute atomic E-state index is 12.6. The average Bonchev–Trinajstić information content (AvgIpc) is 3.25. The Labute approximate surface area is 148 Å². The lowest BCUT2D eigenvalue weighted by Crippen LogP contribution is -2.12. The molecule has 6 nitrogen and oxygen atoms in total. The first kappa shape index (κ1) is 15.4. The van der Waals surface area contributed by atoms with Gasteiger partial charge in [0.25, 0.3) is 5.91 Å². The second-order valence-electron chi connectivity index (χ2n) is 5.52. The summed E-state index contributed by atoms with van der Waals surface area (Å²) >= 11 is 5.99. The highest BCUT2D eigenvalue weighted by Gasteiger charge is 2.16. The summed E-state index contributed by atoms with van der Waals surface area (Å²) in [5.41, 5.74) is 3.19. The smallest absolute Gasteiger partial charge is 0.261 e. The minimum atomic E-state index is -0.296. The van der Waals surface area contributed by atoms with Crippen LogP contribution in [0.5, 0.6) is 0 Å². The number of carbonyl (C=O) groups is 1. The molecule has 1 aromatic carbocycles. The number of aryl methyl sites for hydroxylation is 1. The van der Waals surface area contributed by atoms with Crippen LogP contribution >= 0.6 is 11.6 Å². The summed E-state index contributed by atoms with van der Waals surface area (Å²) in [5.74, 6) is 0.477. The van der Waals surface area contributed by atoms with Crippen molar-refractivity contribution < 1.29 is 9.21 Å². The van der Waals surface area contributed by atoms with Crippen LogP contribution in [0.1, 0.15) is 16.1 Å². The molecule has 0 atom stereocenters. The fourth-order valence-electron chi connectivity index (χ4n) is 2.59. The number of carbonyl (C=O) groups excluding carboxylic acids is 1. The first-order chi connectivity index (χ1) is 12.1. The fourth-order valence-corrected chi connectivity index (χ4v) is 2.83. The molecule has 7 heteroatoms. The average molecular weight is 353 g/mol. The van der Waals surface area contributed by atoms with Crippen molar-refractivity contribution in [1.29, 1.82) is 0 Å². The highest BCUT2D eigenvalue weighted by Crippen LogP contribution is 2.22. The number of furan rings is 1. The van der Waals surface area contributed by atoms with Crippen LogP contribution in [0.2, 0.25) is 5.15 Å². The predicted molar refractivity (Wildman–Crippen MR) is 94.8 cm³/mol. The van der Waals surface area contributed by atoms with Gasteiger partial charge in [-0.2, -0.15) is 5.10 Å². The molecule has 1 N–H and O–H groups in total. The number of fused-ring (bicyclic) bond motifs is 1. The molecular weight excluding hydrogens is 340 g/mol. The van der Waals surface area contributed by atoms with Gasteiger partial charge in [0.2, 0.25) is 0 Å². The third-order valence-electron chi connectivity index (χ3n) is 3.81. The lowest BCUT2D eigenvalue weighted by Gasteiger charge is -2.05. The zero-order chi connectivity index (χ0) is 17.4. The second-order valence-corrected chi connectivity index (χ2v) is 5.91. The van der Waals surface area contributed by atoms with E-state index in [1.165, 1.54) is 6.20 Å². The molecule has 4 rings (SSSR count). The molecule has 25 heavy (non-hydrogen) atoms.